The highest BCUT2D eigenvalue weighted by atomic mass is 16.5. The first-order chi connectivity index (χ1) is 18.1. The first-order valence-corrected chi connectivity index (χ1v) is 13.4. The first-order valence-electron chi connectivity index (χ1n) is 13.4. The monoisotopic (exact) mass is 510 g/mol. The Morgan fingerprint density at radius 3 is 2.08 bits per heavy atom. The average Bonchev–Trinajstić information content (AvgIpc) is 2.95. The van der Waals surface area contributed by atoms with E-state index in [1.54, 1.807) is 21.3 Å². The first kappa shape index (κ1) is 27.2. The van der Waals surface area contributed by atoms with E-state index < -0.39 is 0 Å². The van der Waals surface area contributed by atoms with Gasteiger partial charge >= 0.3 is 0 Å². The number of ether oxygens (including phenoxy) is 3. The van der Waals surface area contributed by atoms with Gasteiger partial charge in [-0.2, -0.15) is 0 Å². The van der Waals surface area contributed by atoms with Crippen molar-refractivity contribution in [3.8, 4) is 17.2 Å². The number of nitrogens with one attached hydrogen (secondary N) is 1. The minimum atomic E-state index is 0.219. The molecule has 0 spiro atoms. The molecule has 2 saturated heterocycles. The lowest BCUT2D eigenvalue weighted by Crippen LogP contribution is -2.52. The van der Waals surface area contributed by atoms with Crippen LogP contribution in [0.5, 0.6) is 17.2 Å². The highest BCUT2D eigenvalue weighted by Crippen LogP contribution is 2.38. The quantitative estimate of drug-likeness (QED) is 0.499. The van der Waals surface area contributed by atoms with Gasteiger partial charge in [0.1, 0.15) is 0 Å². The lowest BCUT2D eigenvalue weighted by Gasteiger charge is -2.36. The molecule has 0 unspecified atom stereocenters. The SMILES string of the molecule is COc1cc(CCN2CCN(C(=O)CNC3CCN(Cc4ccccc4)CC3)CC2)cc(OC)c1OC. The summed E-state index contributed by atoms with van der Waals surface area (Å²) in [5.41, 5.74) is 2.51. The van der Waals surface area contributed by atoms with Crippen LogP contribution in [0, 0.1) is 0 Å². The van der Waals surface area contributed by atoms with Crippen molar-refractivity contribution in [3.63, 3.8) is 0 Å². The molecule has 2 fully saturated rings. The highest BCUT2D eigenvalue weighted by Gasteiger charge is 2.24. The smallest absolute Gasteiger partial charge is 0.236 e. The van der Waals surface area contributed by atoms with Crippen molar-refractivity contribution >= 4 is 5.91 Å². The van der Waals surface area contributed by atoms with E-state index in [-0.39, 0.29) is 5.91 Å². The molecule has 0 saturated carbocycles. The predicted octanol–water partition coefficient (Wildman–Crippen LogP) is 2.65. The minimum Gasteiger partial charge on any atom is -0.493 e. The van der Waals surface area contributed by atoms with Crippen molar-refractivity contribution in [2.24, 2.45) is 0 Å². The standard InChI is InChI=1S/C29H42N4O4/c1-35-26-19-24(20-27(36-2)29(26)37-3)9-12-31-15-17-33(18-16-31)28(34)21-30-25-10-13-32(14-11-25)22-23-7-5-4-6-8-23/h4-8,19-20,25,30H,9-18,21-22H2,1-3H3. The molecule has 1 N–H and O–H groups in total. The van der Waals surface area contributed by atoms with Crippen molar-refractivity contribution in [3.05, 3.63) is 53.6 Å². The van der Waals surface area contributed by atoms with Crippen molar-refractivity contribution < 1.29 is 19.0 Å². The van der Waals surface area contributed by atoms with Crippen LogP contribution in [0.25, 0.3) is 0 Å². The van der Waals surface area contributed by atoms with Gasteiger partial charge in [-0.05, 0) is 55.6 Å². The van der Waals surface area contributed by atoms with Crippen LogP contribution in [0.4, 0.5) is 0 Å². The molecule has 8 nitrogen and oxygen atoms in total. The number of rotatable bonds is 11. The fraction of sp³-hybridized carbons (Fsp3) is 0.552. The maximum absolute atomic E-state index is 12.8. The number of hydrogen-bond acceptors (Lipinski definition) is 7. The van der Waals surface area contributed by atoms with Crippen LogP contribution in [0.3, 0.4) is 0 Å². The zero-order chi connectivity index (χ0) is 26.0. The number of piperazine rings is 1. The Morgan fingerprint density at radius 1 is 0.838 bits per heavy atom. The largest absolute Gasteiger partial charge is 0.493 e. The van der Waals surface area contributed by atoms with Gasteiger partial charge in [0.15, 0.2) is 11.5 Å². The molecule has 0 atom stereocenters. The number of hydrogen-bond donors (Lipinski definition) is 1. The van der Waals surface area contributed by atoms with Crippen LogP contribution in [0.2, 0.25) is 0 Å². The summed E-state index contributed by atoms with van der Waals surface area (Å²) >= 11 is 0. The van der Waals surface area contributed by atoms with Gasteiger partial charge in [-0.15, -0.1) is 0 Å². The summed E-state index contributed by atoms with van der Waals surface area (Å²) in [5.74, 6) is 2.20. The van der Waals surface area contributed by atoms with E-state index in [1.807, 2.05) is 17.0 Å². The van der Waals surface area contributed by atoms with E-state index >= 15 is 0 Å². The predicted molar refractivity (Wildman–Crippen MR) is 146 cm³/mol. The second kappa shape index (κ2) is 13.7. The van der Waals surface area contributed by atoms with Gasteiger partial charge in [-0.3, -0.25) is 14.6 Å². The molecule has 0 aliphatic carbocycles. The molecule has 4 rings (SSSR count). The molecular formula is C29H42N4O4. The van der Waals surface area contributed by atoms with Gasteiger partial charge < -0.3 is 24.4 Å². The van der Waals surface area contributed by atoms with E-state index in [2.05, 4.69) is 45.4 Å². The fourth-order valence-electron chi connectivity index (χ4n) is 5.27. The van der Waals surface area contributed by atoms with Crippen LogP contribution < -0.4 is 19.5 Å². The third kappa shape index (κ3) is 7.60. The normalized spacial score (nSPS) is 17.5. The van der Waals surface area contributed by atoms with E-state index in [0.29, 0.717) is 29.8 Å². The topological polar surface area (TPSA) is 66.5 Å². The number of methoxy groups -OCH3 is 3. The second-order valence-electron chi connectivity index (χ2n) is 9.92. The van der Waals surface area contributed by atoms with Gasteiger partial charge in [0.2, 0.25) is 11.7 Å². The molecule has 2 aliphatic rings. The Labute approximate surface area is 221 Å². The molecule has 0 aromatic heterocycles. The minimum absolute atomic E-state index is 0.219. The van der Waals surface area contributed by atoms with Crippen molar-refractivity contribution in [1.29, 1.82) is 0 Å². The van der Waals surface area contributed by atoms with Gasteiger partial charge in [0.05, 0.1) is 27.9 Å². The van der Waals surface area contributed by atoms with E-state index in [4.69, 9.17) is 14.2 Å². The second-order valence-corrected chi connectivity index (χ2v) is 9.92. The lowest BCUT2D eigenvalue weighted by atomic mass is 10.0. The Bertz CT molecular complexity index is 962. The van der Waals surface area contributed by atoms with E-state index in [0.717, 1.165) is 77.2 Å². The van der Waals surface area contributed by atoms with Crippen molar-refractivity contribution in [1.82, 2.24) is 20.0 Å². The summed E-state index contributed by atoms with van der Waals surface area (Å²) in [4.78, 5) is 19.8. The summed E-state index contributed by atoms with van der Waals surface area (Å²) in [6.07, 6.45) is 3.07. The molecular weight excluding hydrogens is 468 g/mol. The summed E-state index contributed by atoms with van der Waals surface area (Å²) in [7, 11) is 4.90. The van der Waals surface area contributed by atoms with Gasteiger partial charge in [0, 0.05) is 45.3 Å². The Morgan fingerprint density at radius 2 is 1.49 bits per heavy atom. The zero-order valence-electron chi connectivity index (χ0n) is 22.6. The number of amides is 1. The molecule has 0 bridgehead atoms. The lowest BCUT2D eigenvalue weighted by molar-refractivity contribution is -0.132. The number of carbonyl (C=O) groups excluding carboxylic acids is 1. The third-order valence-electron chi connectivity index (χ3n) is 7.54. The van der Waals surface area contributed by atoms with Crippen LogP contribution in [-0.4, -0.2) is 100 Å². The van der Waals surface area contributed by atoms with Crippen molar-refractivity contribution in [2.75, 3.05) is 73.7 Å². The average molecular weight is 511 g/mol. The molecule has 0 radical (unpaired) electrons. The number of benzene rings is 2. The number of piperidine rings is 1. The summed E-state index contributed by atoms with van der Waals surface area (Å²) in [6, 6.07) is 15.1. The number of likely N-dealkylation sites (tertiary alicyclic amines) is 1. The van der Waals surface area contributed by atoms with E-state index in [1.165, 1.54) is 5.56 Å². The zero-order valence-corrected chi connectivity index (χ0v) is 22.6. The summed E-state index contributed by atoms with van der Waals surface area (Å²) in [6.45, 7) is 7.89. The van der Waals surface area contributed by atoms with Crippen LogP contribution >= 0.6 is 0 Å². The molecule has 37 heavy (non-hydrogen) atoms. The van der Waals surface area contributed by atoms with Gasteiger partial charge in [-0.1, -0.05) is 30.3 Å². The molecule has 8 heteroatoms. The molecule has 1 amide bonds. The van der Waals surface area contributed by atoms with E-state index in [9.17, 15) is 4.79 Å². The Hall–Kier alpha value is -2.81. The summed E-state index contributed by atoms with van der Waals surface area (Å²) < 4.78 is 16.4. The fourth-order valence-corrected chi connectivity index (χ4v) is 5.27. The van der Waals surface area contributed by atoms with Gasteiger partial charge in [0.25, 0.3) is 0 Å². The maximum atomic E-state index is 12.8. The molecule has 2 heterocycles. The molecule has 202 valence electrons. The highest BCUT2D eigenvalue weighted by molar-refractivity contribution is 5.78. The van der Waals surface area contributed by atoms with Crippen LogP contribution in [0.1, 0.15) is 24.0 Å². The van der Waals surface area contributed by atoms with Gasteiger partial charge in [-0.25, -0.2) is 0 Å². The molecule has 2 aromatic rings. The van der Waals surface area contributed by atoms with Crippen LogP contribution in [-0.2, 0) is 17.8 Å². The number of carbonyl (C=O) groups is 1. The Kier molecular flexibility index (Phi) is 10.0. The number of nitrogens with zero attached hydrogens (tertiary/aromatic N) is 3. The van der Waals surface area contributed by atoms with Crippen molar-refractivity contribution in [2.45, 2.75) is 31.8 Å². The molecule has 2 aromatic carbocycles. The maximum Gasteiger partial charge on any atom is 0.236 e. The summed E-state index contributed by atoms with van der Waals surface area (Å²) in [5, 5.41) is 3.53. The molecule has 2 aliphatic heterocycles. The Balaban J connectivity index is 1.14. The van der Waals surface area contributed by atoms with Crippen LogP contribution in [0.15, 0.2) is 42.5 Å². The third-order valence-corrected chi connectivity index (χ3v) is 7.54.